The summed E-state index contributed by atoms with van der Waals surface area (Å²) in [5.41, 5.74) is 5.65. The molecular weight excluding hydrogens is 252 g/mol. The Hall–Kier alpha value is -1.81. The largest absolute Gasteiger partial charge is 0.368 e. The van der Waals surface area contributed by atoms with Crippen LogP contribution in [0.2, 0.25) is 5.02 Å². The van der Waals surface area contributed by atoms with Crippen molar-refractivity contribution in [2.75, 3.05) is 0 Å². The molecule has 0 spiro atoms. The minimum Gasteiger partial charge on any atom is -0.368 e. The van der Waals surface area contributed by atoms with E-state index in [1.807, 2.05) is 0 Å². The molecule has 96 valence electrons. The summed E-state index contributed by atoms with van der Waals surface area (Å²) in [6.07, 6.45) is 2.72. The van der Waals surface area contributed by atoms with Gasteiger partial charge in [0.15, 0.2) is 0 Å². The maximum atomic E-state index is 11.8. The predicted octanol–water partition coefficient (Wildman–Crippen LogP) is 1.89. The molecule has 4 nitrogen and oxygen atoms in total. The van der Waals surface area contributed by atoms with Crippen molar-refractivity contribution in [2.45, 2.75) is 18.9 Å². The monoisotopic (exact) mass is 266 g/mol. The molecule has 0 saturated carbocycles. The van der Waals surface area contributed by atoms with Crippen molar-refractivity contribution in [3.8, 4) is 0 Å². The summed E-state index contributed by atoms with van der Waals surface area (Å²) in [4.78, 5) is 23.0. The number of allylic oxidation sites excluding steroid dienone is 1. The molecule has 1 atom stereocenters. The van der Waals surface area contributed by atoms with Gasteiger partial charge in [0.05, 0.1) is 0 Å². The highest BCUT2D eigenvalue weighted by Gasteiger charge is 2.17. The van der Waals surface area contributed by atoms with Crippen LogP contribution in [0.5, 0.6) is 0 Å². The fraction of sp³-hybridized carbons (Fsp3) is 0.231. The van der Waals surface area contributed by atoms with Crippen LogP contribution < -0.4 is 11.1 Å². The van der Waals surface area contributed by atoms with Crippen molar-refractivity contribution in [2.24, 2.45) is 5.73 Å². The quantitative estimate of drug-likeness (QED) is 0.772. The number of carbonyl (C=O) groups excluding carboxylic acids is 2. The molecule has 0 heterocycles. The zero-order valence-electron chi connectivity index (χ0n) is 9.86. The van der Waals surface area contributed by atoms with Gasteiger partial charge in [-0.3, -0.25) is 9.59 Å². The smallest absolute Gasteiger partial charge is 0.251 e. The zero-order chi connectivity index (χ0) is 13.5. The first-order valence-electron chi connectivity index (χ1n) is 5.51. The predicted molar refractivity (Wildman–Crippen MR) is 71.3 cm³/mol. The van der Waals surface area contributed by atoms with E-state index in [9.17, 15) is 9.59 Å². The van der Waals surface area contributed by atoms with Crippen molar-refractivity contribution in [1.29, 1.82) is 0 Å². The lowest BCUT2D eigenvalue weighted by atomic mass is 10.1. The van der Waals surface area contributed by atoms with E-state index >= 15 is 0 Å². The molecule has 0 unspecified atom stereocenters. The Kier molecular flexibility index (Phi) is 5.39. The van der Waals surface area contributed by atoms with Gasteiger partial charge < -0.3 is 11.1 Å². The molecule has 5 heteroatoms. The molecule has 0 aliphatic rings. The maximum absolute atomic E-state index is 11.8. The van der Waals surface area contributed by atoms with E-state index in [1.54, 1.807) is 30.3 Å². The lowest BCUT2D eigenvalue weighted by Gasteiger charge is -2.14. The third-order valence-corrected chi connectivity index (χ3v) is 2.67. The molecule has 1 aromatic rings. The van der Waals surface area contributed by atoms with E-state index < -0.39 is 11.9 Å². The molecule has 18 heavy (non-hydrogen) atoms. The van der Waals surface area contributed by atoms with Gasteiger partial charge >= 0.3 is 0 Å². The number of benzene rings is 1. The zero-order valence-corrected chi connectivity index (χ0v) is 10.6. The fourth-order valence-electron chi connectivity index (χ4n) is 1.41. The minimum absolute atomic E-state index is 0.348. The number of carbonyl (C=O) groups is 2. The van der Waals surface area contributed by atoms with E-state index in [2.05, 4.69) is 11.9 Å². The van der Waals surface area contributed by atoms with Crippen molar-refractivity contribution in [3.05, 3.63) is 47.5 Å². The first-order valence-corrected chi connectivity index (χ1v) is 5.89. The summed E-state index contributed by atoms with van der Waals surface area (Å²) >= 11 is 5.72. The molecule has 0 aromatic heterocycles. The van der Waals surface area contributed by atoms with Gasteiger partial charge in [-0.2, -0.15) is 0 Å². The summed E-state index contributed by atoms with van der Waals surface area (Å²) in [5.74, 6) is -0.904. The number of amides is 2. The van der Waals surface area contributed by atoms with Gasteiger partial charge in [-0.05, 0) is 37.1 Å². The number of nitrogens with one attached hydrogen (secondary N) is 1. The Morgan fingerprint density at radius 1 is 1.39 bits per heavy atom. The number of primary amides is 1. The SMILES string of the molecule is C=CCC[C@@H](NC(=O)c1ccc(Cl)cc1)C(N)=O. The standard InChI is InChI=1S/C13H15ClN2O2/c1-2-3-4-11(12(15)17)16-13(18)9-5-7-10(14)8-6-9/h2,5-8,11H,1,3-4H2,(H2,15,17)(H,16,18)/t11-/m1/s1. The van der Waals surface area contributed by atoms with E-state index in [1.165, 1.54) is 0 Å². The molecule has 0 radical (unpaired) electrons. The number of rotatable bonds is 6. The third kappa shape index (κ3) is 4.22. The summed E-state index contributed by atoms with van der Waals surface area (Å²) in [6, 6.07) is 5.71. The van der Waals surface area contributed by atoms with Crippen molar-refractivity contribution in [3.63, 3.8) is 0 Å². The van der Waals surface area contributed by atoms with Crippen LogP contribution >= 0.6 is 11.6 Å². The van der Waals surface area contributed by atoms with Crippen LogP contribution in [0.1, 0.15) is 23.2 Å². The minimum atomic E-state index is -0.689. The fourth-order valence-corrected chi connectivity index (χ4v) is 1.54. The average Bonchev–Trinajstić information content (AvgIpc) is 2.34. The van der Waals surface area contributed by atoms with Gasteiger partial charge in [0.25, 0.3) is 5.91 Å². The Balaban J connectivity index is 2.68. The molecular formula is C13H15ClN2O2. The lowest BCUT2D eigenvalue weighted by molar-refractivity contribution is -0.119. The topological polar surface area (TPSA) is 72.2 Å². The van der Waals surface area contributed by atoms with Gasteiger partial charge in [0.1, 0.15) is 6.04 Å². The van der Waals surface area contributed by atoms with Crippen LogP contribution in [-0.4, -0.2) is 17.9 Å². The summed E-state index contributed by atoms with van der Waals surface area (Å²) in [7, 11) is 0. The summed E-state index contributed by atoms with van der Waals surface area (Å²) < 4.78 is 0. The van der Waals surface area contributed by atoms with Crippen LogP contribution in [0.15, 0.2) is 36.9 Å². The average molecular weight is 267 g/mol. The third-order valence-electron chi connectivity index (χ3n) is 2.41. The molecule has 0 bridgehead atoms. The number of hydrogen-bond acceptors (Lipinski definition) is 2. The Labute approximate surface area is 111 Å². The van der Waals surface area contributed by atoms with E-state index in [0.717, 1.165) is 0 Å². The lowest BCUT2D eigenvalue weighted by Crippen LogP contribution is -2.44. The van der Waals surface area contributed by atoms with Crippen LogP contribution in [-0.2, 0) is 4.79 Å². The van der Waals surface area contributed by atoms with Gasteiger partial charge in [-0.25, -0.2) is 0 Å². The second-order valence-corrected chi connectivity index (χ2v) is 4.24. The molecule has 0 aliphatic heterocycles. The van der Waals surface area contributed by atoms with Crippen LogP contribution in [0, 0.1) is 0 Å². The summed E-state index contributed by atoms with van der Waals surface area (Å²) in [5, 5.41) is 3.13. The molecule has 0 aliphatic carbocycles. The van der Waals surface area contributed by atoms with Gasteiger partial charge in [0.2, 0.25) is 5.91 Å². The Morgan fingerprint density at radius 2 is 2.00 bits per heavy atom. The number of nitrogens with two attached hydrogens (primary N) is 1. The second-order valence-electron chi connectivity index (χ2n) is 3.80. The number of halogens is 1. The molecule has 2 amide bonds. The van der Waals surface area contributed by atoms with E-state index in [4.69, 9.17) is 17.3 Å². The van der Waals surface area contributed by atoms with E-state index in [-0.39, 0.29) is 5.91 Å². The highest BCUT2D eigenvalue weighted by molar-refractivity contribution is 6.30. The van der Waals surface area contributed by atoms with Crippen molar-refractivity contribution >= 4 is 23.4 Å². The van der Waals surface area contributed by atoms with Gasteiger partial charge in [-0.15, -0.1) is 6.58 Å². The molecule has 1 aromatic carbocycles. The molecule has 0 saturated heterocycles. The molecule has 0 fully saturated rings. The van der Waals surface area contributed by atoms with Crippen molar-refractivity contribution in [1.82, 2.24) is 5.32 Å². The van der Waals surface area contributed by atoms with Gasteiger partial charge in [0, 0.05) is 10.6 Å². The summed E-state index contributed by atoms with van der Waals surface area (Å²) in [6.45, 7) is 3.56. The Morgan fingerprint density at radius 3 is 2.50 bits per heavy atom. The molecule has 3 N–H and O–H groups in total. The van der Waals surface area contributed by atoms with Crippen LogP contribution in [0.25, 0.3) is 0 Å². The number of hydrogen-bond donors (Lipinski definition) is 2. The first-order chi connectivity index (χ1) is 8.54. The van der Waals surface area contributed by atoms with E-state index in [0.29, 0.717) is 23.4 Å². The first kappa shape index (κ1) is 14.3. The Bertz CT molecular complexity index is 443. The van der Waals surface area contributed by atoms with Crippen LogP contribution in [0.4, 0.5) is 0 Å². The van der Waals surface area contributed by atoms with Crippen LogP contribution in [0.3, 0.4) is 0 Å². The highest BCUT2D eigenvalue weighted by atomic mass is 35.5. The second kappa shape index (κ2) is 6.81. The maximum Gasteiger partial charge on any atom is 0.251 e. The normalized spacial score (nSPS) is 11.6. The molecule has 1 rings (SSSR count). The van der Waals surface area contributed by atoms with Crippen molar-refractivity contribution < 1.29 is 9.59 Å². The highest BCUT2D eigenvalue weighted by Crippen LogP contribution is 2.10. The van der Waals surface area contributed by atoms with Gasteiger partial charge in [-0.1, -0.05) is 17.7 Å².